The van der Waals surface area contributed by atoms with Crippen LogP contribution in [0, 0.1) is 0 Å². The van der Waals surface area contributed by atoms with Gasteiger partial charge in [-0.1, -0.05) is 25.5 Å². The van der Waals surface area contributed by atoms with Gasteiger partial charge in [-0.25, -0.2) is 0 Å². The summed E-state index contributed by atoms with van der Waals surface area (Å²) in [5.41, 5.74) is 1.19. The Morgan fingerprint density at radius 2 is 2.06 bits per heavy atom. The fraction of sp³-hybridized carbons (Fsp3) is 0.600. The molecule has 1 fully saturated rings. The largest absolute Gasteiger partial charge is 0.491 e. The highest BCUT2D eigenvalue weighted by Crippen LogP contribution is 2.30. The Kier molecular flexibility index (Phi) is 4.20. The molecular weight excluding hydrogens is 210 g/mol. The van der Waals surface area contributed by atoms with Crippen molar-refractivity contribution in [2.45, 2.75) is 39.0 Å². The standard InChI is InChI=1S/C15H23NO/c1-2-3-13-17-15-10-6-5-9-14(15)16-11-7-4-8-12-16/h5-6,9-10H,2-4,7-8,11-13H2,1H3/i4D. The molecule has 1 heterocycles. The molecule has 0 aliphatic carbocycles. The smallest absolute Gasteiger partial charge is 0.142 e. The fourth-order valence-corrected chi connectivity index (χ4v) is 2.16. The molecule has 2 rings (SSSR count). The summed E-state index contributed by atoms with van der Waals surface area (Å²) in [4.78, 5) is 2.35. The van der Waals surface area contributed by atoms with Crippen molar-refractivity contribution in [3.63, 3.8) is 0 Å². The summed E-state index contributed by atoms with van der Waals surface area (Å²) in [6.07, 6.45) is 4.30. The lowest BCUT2D eigenvalue weighted by atomic mass is 10.1. The van der Waals surface area contributed by atoms with Crippen LogP contribution in [0.1, 0.15) is 40.4 Å². The summed E-state index contributed by atoms with van der Waals surface area (Å²) in [7, 11) is 0. The molecule has 0 atom stereocenters. The van der Waals surface area contributed by atoms with Crippen molar-refractivity contribution in [3.8, 4) is 5.75 Å². The van der Waals surface area contributed by atoms with Crippen LogP contribution >= 0.6 is 0 Å². The number of hydrogen-bond donors (Lipinski definition) is 0. The van der Waals surface area contributed by atoms with Gasteiger partial charge in [0.1, 0.15) is 5.75 Å². The minimum atomic E-state index is 0.120. The molecule has 0 amide bonds. The van der Waals surface area contributed by atoms with Gasteiger partial charge in [0.2, 0.25) is 0 Å². The molecule has 2 heteroatoms. The Hall–Kier alpha value is -1.18. The molecule has 0 bridgehead atoms. The number of anilines is 1. The van der Waals surface area contributed by atoms with Crippen molar-refractivity contribution < 1.29 is 6.11 Å². The first kappa shape index (κ1) is 10.9. The Morgan fingerprint density at radius 3 is 2.82 bits per heavy atom. The molecule has 1 aromatic carbocycles. The minimum absolute atomic E-state index is 0.120. The molecule has 0 N–H and O–H groups in total. The Balaban J connectivity index is 2.02. The van der Waals surface area contributed by atoms with E-state index >= 15 is 0 Å². The van der Waals surface area contributed by atoms with Crippen molar-refractivity contribution in [1.29, 1.82) is 0 Å². The zero-order valence-corrected chi connectivity index (χ0v) is 10.7. The normalized spacial score (nSPS) is 17.9. The molecule has 94 valence electrons. The molecule has 0 radical (unpaired) electrons. The molecule has 1 saturated heterocycles. The first-order valence-corrected chi connectivity index (χ1v) is 6.70. The number of para-hydroxylation sites is 2. The van der Waals surface area contributed by atoms with E-state index in [0.29, 0.717) is 0 Å². The van der Waals surface area contributed by atoms with Gasteiger partial charge in [0.25, 0.3) is 0 Å². The summed E-state index contributed by atoms with van der Waals surface area (Å²) in [5, 5.41) is 0. The maximum Gasteiger partial charge on any atom is 0.142 e. The SMILES string of the molecule is [2H]C1CCN(c2ccccc2OCCCC)CC1. The topological polar surface area (TPSA) is 12.5 Å². The predicted molar refractivity (Wildman–Crippen MR) is 72.9 cm³/mol. The number of unbranched alkanes of at least 4 members (excludes halogenated alkanes) is 1. The Labute approximate surface area is 106 Å². The van der Waals surface area contributed by atoms with Gasteiger partial charge in [0, 0.05) is 14.5 Å². The Morgan fingerprint density at radius 1 is 1.29 bits per heavy atom. The van der Waals surface area contributed by atoms with E-state index in [2.05, 4.69) is 30.0 Å². The van der Waals surface area contributed by atoms with Gasteiger partial charge >= 0.3 is 0 Å². The van der Waals surface area contributed by atoms with Gasteiger partial charge in [0.15, 0.2) is 0 Å². The summed E-state index contributed by atoms with van der Waals surface area (Å²) >= 11 is 0. The molecule has 17 heavy (non-hydrogen) atoms. The summed E-state index contributed by atoms with van der Waals surface area (Å²) in [6.45, 7) is 4.92. The number of hydrogen-bond acceptors (Lipinski definition) is 2. The van der Waals surface area contributed by atoms with Crippen LogP contribution in [0.15, 0.2) is 24.3 Å². The summed E-state index contributed by atoms with van der Waals surface area (Å²) in [5.74, 6) is 0.995. The molecule has 2 nitrogen and oxygen atoms in total. The molecule has 1 aliphatic heterocycles. The number of rotatable bonds is 5. The maximum atomic E-state index is 7.76. The van der Waals surface area contributed by atoms with Crippen LogP contribution in [0.5, 0.6) is 5.75 Å². The number of piperidine rings is 1. The van der Waals surface area contributed by atoms with Gasteiger partial charge in [-0.15, -0.1) is 0 Å². The first-order valence-electron chi connectivity index (χ1n) is 7.28. The Bertz CT molecular complexity index is 361. The van der Waals surface area contributed by atoms with Crippen LogP contribution in [-0.2, 0) is 0 Å². The molecule has 0 aromatic heterocycles. The average molecular weight is 234 g/mol. The second kappa shape index (κ2) is 6.53. The molecule has 1 aromatic rings. The summed E-state index contributed by atoms with van der Waals surface area (Å²) < 4.78 is 13.6. The van der Waals surface area contributed by atoms with Crippen LogP contribution in [0.4, 0.5) is 5.69 Å². The second-order valence-corrected chi connectivity index (χ2v) is 4.52. The van der Waals surface area contributed by atoms with Crippen LogP contribution in [-0.4, -0.2) is 19.7 Å². The third kappa shape index (κ3) is 3.39. The van der Waals surface area contributed by atoms with Crippen molar-refractivity contribution in [2.75, 3.05) is 24.6 Å². The summed E-state index contributed by atoms with van der Waals surface area (Å²) in [6, 6.07) is 8.28. The predicted octanol–water partition coefficient (Wildman–Crippen LogP) is 3.86. The van der Waals surface area contributed by atoms with E-state index in [4.69, 9.17) is 6.11 Å². The fourth-order valence-electron chi connectivity index (χ4n) is 2.16. The number of nitrogens with zero attached hydrogens (tertiary/aromatic N) is 1. The third-order valence-corrected chi connectivity index (χ3v) is 3.17. The highest BCUT2D eigenvalue weighted by atomic mass is 16.5. The molecule has 0 saturated carbocycles. The van der Waals surface area contributed by atoms with Gasteiger partial charge < -0.3 is 9.64 Å². The first-order chi connectivity index (χ1) is 8.81. The van der Waals surface area contributed by atoms with E-state index in [1.165, 1.54) is 5.69 Å². The lowest BCUT2D eigenvalue weighted by molar-refractivity contribution is 0.309. The molecule has 0 unspecified atom stereocenters. The van der Waals surface area contributed by atoms with Crippen molar-refractivity contribution in [1.82, 2.24) is 0 Å². The number of benzene rings is 1. The second-order valence-electron chi connectivity index (χ2n) is 4.52. The van der Waals surface area contributed by atoms with E-state index in [0.717, 1.165) is 51.1 Å². The molecule has 1 aliphatic rings. The molecule has 0 spiro atoms. The van der Waals surface area contributed by atoms with Crippen LogP contribution < -0.4 is 9.64 Å². The van der Waals surface area contributed by atoms with Gasteiger partial charge in [-0.3, -0.25) is 0 Å². The monoisotopic (exact) mass is 234 g/mol. The number of ether oxygens (including phenoxy) is 1. The van der Waals surface area contributed by atoms with Gasteiger partial charge in [-0.05, 0) is 37.8 Å². The zero-order valence-electron chi connectivity index (χ0n) is 11.7. The van der Waals surface area contributed by atoms with Crippen LogP contribution in [0.25, 0.3) is 0 Å². The average Bonchev–Trinajstić information content (AvgIpc) is 2.41. The third-order valence-electron chi connectivity index (χ3n) is 3.17. The van der Waals surface area contributed by atoms with Crippen LogP contribution in [0.3, 0.4) is 0 Å². The van der Waals surface area contributed by atoms with Crippen LogP contribution in [0.2, 0.25) is 0 Å². The van der Waals surface area contributed by atoms with E-state index in [9.17, 15) is 0 Å². The quantitative estimate of drug-likeness (QED) is 0.717. The highest BCUT2D eigenvalue weighted by Gasteiger charge is 2.14. The molecular formula is C15H23NO. The van der Waals surface area contributed by atoms with Gasteiger partial charge in [0.05, 0.1) is 12.3 Å². The van der Waals surface area contributed by atoms with Gasteiger partial charge in [-0.2, -0.15) is 0 Å². The zero-order chi connectivity index (χ0) is 12.8. The van der Waals surface area contributed by atoms with E-state index in [1.807, 2.05) is 6.07 Å². The lowest BCUT2D eigenvalue weighted by Gasteiger charge is -2.30. The van der Waals surface area contributed by atoms with Crippen molar-refractivity contribution >= 4 is 5.69 Å². The highest BCUT2D eigenvalue weighted by molar-refractivity contribution is 5.58. The van der Waals surface area contributed by atoms with Crippen molar-refractivity contribution in [3.05, 3.63) is 24.3 Å². The van der Waals surface area contributed by atoms with Crippen molar-refractivity contribution in [2.24, 2.45) is 0 Å². The van der Waals surface area contributed by atoms with E-state index < -0.39 is 0 Å². The lowest BCUT2D eigenvalue weighted by Crippen LogP contribution is -2.29. The minimum Gasteiger partial charge on any atom is -0.491 e. The van der Waals surface area contributed by atoms with E-state index in [1.54, 1.807) is 0 Å². The maximum absolute atomic E-state index is 7.76. The van der Waals surface area contributed by atoms with E-state index in [-0.39, 0.29) is 6.40 Å².